The molecule has 0 aliphatic rings. The lowest BCUT2D eigenvalue weighted by atomic mass is 10.2. The maximum Gasteiger partial charge on any atom is 0.279 e. The third kappa shape index (κ3) is 3.00. The number of halogens is 1. The van der Waals surface area contributed by atoms with Crippen molar-refractivity contribution in [2.45, 2.75) is 6.92 Å². The Morgan fingerprint density at radius 3 is 2.92 bits per heavy atom. The summed E-state index contributed by atoms with van der Waals surface area (Å²) in [6.45, 7) is 1.94. The maximum atomic E-state index is 12.1. The highest BCUT2D eigenvalue weighted by atomic mass is 35.5. The Labute approximate surface area is 157 Å². The van der Waals surface area contributed by atoms with Gasteiger partial charge in [-0.2, -0.15) is 5.10 Å². The Balaban J connectivity index is 1.64. The molecule has 0 aliphatic heterocycles. The van der Waals surface area contributed by atoms with Crippen LogP contribution in [-0.4, -0.2) is 25.7 Å². The standard InChI is InChI=1S/C17H13ClN6OS/c1-10-4-5-11(7-13(10)18)24-16-12(8-21-24)15(19-9-20-16)22-23-17(25)14-3-2-6-26-14/h2-9H,1H3,(H,23,25)(H,19,20,22). The number of benzene rings is 1. The molecule has 4 rings (SSSR count). The zero-order valence-electron chi connectivity index (χ0n) is 13.6. The Bertz CT molecular complexity index is 1090. The van der Waals surface area contributed by atoms with Gasteiger partial charge in [-0.15, -0.1) is 11.3 Å². The molecule has 0 radical (unpaired) electrons. The summed E-state index contributed by atoms with van der Waals surface area (Å²) in [5.41, 5.74) is 7.85. The van der Waals surface area contributed by atoms with E-state index in [9.17, 15) is 4.79 Å². The molecule has 1 amide bonds. The number of aryl methyl sites for hydroxylation is 1. The molecule has 4 aromatic rings. The third-order valence-electron chi connectivity index (χ3n) is 3.81. The van der Waals surface area contributed by atoms with E-state index in [0.29, 0.717) is 26.8 Å². The lowest BCUT2D eigenvalue weighted by Gasteiger charge is -2.08. The number of nitrogens with zero attached hydrogens (tertiary/aromatic N) is 4. The molecule has 3 aromatic heterocycles. The second-order valence-corrected chi connectivity index (χ2v) is 6.86. The predicted molar refractivity (Wildman–Crippen MR) is 102 cm³/mol. The van der Waals surface area contributed by atoms with Gasteiger partial charge in [0.05, 0.1) is 22.1 Å². The second kappa shape index (κ2) is 6.74. The maximum absolute atomic E-state index is 12.1. The molecule has 26 heavy (non-hydrogen) atoms. The van der Waals surface area contributed by atoms with Crippen LogP contribution in [-0.2, 0) is 0 Å². The topological polar surface area (TPSA) is 84.7 Å². The van der Waals surface area contributed by atoms with Gasteiger partial charge >= 0.3 is 0 Å². The molecule has 2 N–H and O–H groups in total. The average Bonchev–Trinajstić information content (AvgIpc) is 3.32. The molecule has 0 saturated carbocycles. The summed E-state index contributed by atoms with van der Waals surface area (Å²) >= 11 is 7.57. The van der Waals surface area contributed by atoms with E-state index in [1.165, 1.54) is 17.7 Å². The number of aromatic nitrogens is 4. The highest BCUT2D eigenvalue weighted by Gasteiger charge is 2.13. The second-order valence-electron chi connectivity index (χ2n) is 5.51. The molecule has 0 atom stereocenters. The first-order valence-corrected chi connectivity index (χ1v) is 8.94. The van der Waals surface area contributed by atoms with Crippen molar-refractivity contribution in [3.63, 3.8) is 0 Å². The van der Waals surface area contributed by atoms with Crippen LogP contribution in [0.1, 0.15) is 15.2 Å². The Morgan fingerprint density at radius 1 is 1.27 bits per heavy atom. The Hall–Kier alpha value is -2.97. The number of carbonyl (C=O) groups is 1. The Kier molecular flexibility index (Phi) is 4.27. The van der Waals surface area contributed by atoms with Crippen molar-refractivity contribution < 1.29 is 4.79 Å². The number of fused-ring (bicyclic) bond motifs is 1. The summed E-state index contributed by atoms with van der Waals surface area (Å²) in [7, 11) is 0. The smallest absolute Gasteiger partial charge is 0.279 e. The quantitative estimate of drug-likeness (QED) is 0.525. The number of hydrazine groups is 1. The van der Waals surface area contributed by atoms with Gasteiger partial charge in [0.2, 0.25) is 0 Å². The normalized spacial score (nSPS) is 10.8. The van der Waals surface area contributed by atoms with Gasteiger partial charge in [-0.3, -0.25) is 15.6 Å². The minimum absolute atomic E-state index is 0.232. The zero-order chi connectivity index (χ0) is 18.1. The first-order valence-electron chi connectivity index (χ1n) is 7.68. The highest BCUT2D eigenvalue weighted by Crippen LogP contribution is 2.24. The molecule has 9 heteroatoms. The SMILES string of the molecule is Cc1ccc(-n2ncc3c(NNC(=O)c4cccs4)ncnc32)cc1Cl. The summed E-state index contributed by atoms with van der Waals surface area (Å²) in [6, 6.07) is 9.24. The van der Waals surface area contributed by atoms with Crippen molar-refractivity contribution in [3.05, 3.63) is 63.7 Å². The molecule has 0 fully saturated rings. The molecule has 1 aromatic carbocycles. The van der Waals surface area contributed by atoms with Crippen LogP contribution in [0.5, 0.6) is 0 Å². The fourth-order valence-electron chi connectivity index (χ4n) is 2.43. The molecule has 0 aliphatic carbocycles. The molecule has 0 bridgehead atoms. The van der Waals surface area contributed by atoms with Gasteiger partial charge in [-0.25, -0.2) is 14.6 Å². The van der Waals surface area contributed by atoms with E-state index >= 15 is 0 Å². The van der Waals surface area contributed by atoms with Crippen molar-refractivity contribution in [1.29, 1.82) is 0 Å². The molecule has 0 spiro atoms. The number of hydrogen-bond donors (Lipinski definition) is 2. The number of nitrogens with one attached hydrogen (secondary N) is 2. The number of anilines is 1. The molecule has 0 saturated heterocycles. The van der Waals surface area contributed by atoms with E-state index in [0.717, 1.165) is 11.3 Å². The van der Waals surface area contributed by atoms with Crippen molar-refractivity contribution in [2.75, 3.05) is 5.43 Å². The molecule has 7 nitrogen and oxygen atoms in total. The van der Waals surface area contributed by atoms with Crippen molar-refractivity contribution in [3.8, 4) is 5.69 Å². The van der Waals surface area contributed by atoms with E-state index in [2.05, 4.69) is 25.9 Å². The van der Waals surface area contributed by atoms with Crippen LogP contribution in [0.2, 0.25) is 5.02 Å². The van der Waals surface area contributed by atoms with Gasteiger partial charge < -0.3 is 0 Å². The van der Waals surface area contributed by atoms with E-state index in [1.807, 2.05) is 36.6 Å². The van der Waals surface area contributed by atoms with Crippen LogP contribution in [0, 0.1) is 6.92 Å². The monoisotopic (exact) mass is 384 g/mol. The molecule has 0 unspecified atom stereocenters. The van der Waals surface area contributed by atoms with Gasteiger partial charge in [0.1, 0.15) is 6.33 Å². The third-order valence-corrected chi connectivity index (χ3v) is 5.08. The van der Waals surface area contributed by atoms with Crippen LogP contribution in [0.15, 0.2) is 48.2 Å². The minimum Gasteiger partial charge on any atom is -0.281 e. The van der Waals surface area contributed by atoms with Gasteiger partial charge in [0.25, 0.3) is 5.91 Å². The zero-order valence-corrected chi connectivity index (χ0v) is 15.2. The number of thiophene rings is 1. The molecular weight excluding hydrogens is 372 g/mol. The fraction of sp³-hybridized carbons (Fsp3) is 0.0588. The fourth-order valence-corrected chi connectivity index (χ4v) is 3.23. The van der Waals surface area contributed by atoms with E-state index in [1.54, 1.807) is 16.9 Å². The molecular formula is C17H13ClN6OS. The van der Waals surface area contributed by atoms with E-state index in [-0.39, 0.29) is 5.91 Å². The minimum atomic E-state index is -0.232. The lowest BCUT2D eigenvalue weighted by Crippen LogP contribution is -2.29. The van der Waals surface area contributed by atoms with Gasteiger partial charge in [-0.1, -0.05) is 23.7 Å². The van der Waals surface area contributed by atoms with Crippen molar-refractivity contribution in [2.24, 2.45) is 0 Å². The summed E-state index contributed by atoms with van der Waals surface area (Å²) in [5, 5.41) is 7.55. The number of carbonyl (C=O) groups excluding carboxylic acids is 1. The van der Waals surface area contributed by atoms with Gasteiger partial charge in [0, 0.05) is 5.02 Å². The predicted octanol–water partition coefficient (Wildman–Crippen LogP) is 3.60. The van der Waals surface area contributed by atoms with Crippen LogP contribution in [0.25, 0.3) is 16.7 Å². The van der Waals surface area contributed by atoms with Crippen LogP contribution >= 0.6 is 22.9 Å². The van der Waals surface area contributed by atoms with E-state index in [4.69, 9.17) is 11.6 Å². The number of rotatable bonds is 4. The van der Waals surface area contributed by atoms with Crippen LogP contribution < -0.4 is 10.9 Å². The summed E-state index contributed by atoms with van der Waals surface area (Å²) in [6.07, 6.45) is 3.05. The average molecular weight is 385 g/mol. The number of hydrogen-bond acceptors (Lipinski definition) is 6. The lowest BCUT2D eigenvalue weighted by molar-refractivity contribution is 0.0966. The van der Waals surface area contributed by atoms with Gasteiger partial charge in [-0.05, 0) is 36.1 Å². The molecule has 130 valence electrons. The summed E-state index contributed by atoms with van der Waals surface area (Å²) < 4.78 is 1.68. The first-order chi connectivity index (χ1) is 12.6. The largest absolute Gasteiger partial charge is 0.281 e. The van der Waals surface area contributed by atoms with Crippen LogP contribution in [0.4, 0.5) is 5.82 Å². The van der Waals surface area contributed by atoms with Crippen molar-refractivity contribution in [1.82, 2.24) is 25.2 Å². The first kappa shape index (κ1) is 16.5. The highest BCUT2D eigenvalue weighted by molar-refractivity contribution is 7.12. The van der Waals surface area contributed by atoms with Crippen LogP contribution in [0.3, 0.4) is 0 Å². The van der Waals surface area contributed by atoms with Gasteiger partial charge in [0.15, 0.2) is 11.5 Å². The van der Waals surface area contributed by atoms with E-state index < -0.39 is 0 Å². The number of amides is 1. The van der Waals surface area contributed by atoms with Crippen molar-refractivity contribution >= 4 is 45.7 Å². The summed E-state index contributed by atoms with van der Waals surface area (Å²) in [4.78, 5) is 21.2. The Morgan fingerprint density at radius 2 is 2.15 bits per heavy atom. The molecule has 3 heterocycles. The summed E-state index contributed by atoms with van der Waals surface area (Å²) in [5.74, 6) is 0.230.